The average Bonchev–Trinajstić information content (AvgIpc) is 3.27. The van der Waals surface area contributed by atoms with Crippen LogP contribution >= 0.6 is 0 Å². The van der Waals surface area contributed by atoms with Crippen LogP contribution in [0.4, 0.5) is 4.39 Å². The van der Waals surface area contributed by atoms with E-state index in [9.17, 15) is 14.0 Å². The number of para-hydroxylation sites is 1. The lowest BCUT2D eigenvalue weighted by atomic mass is 10.1. The number of nitrogens with one attached hydrogen (secondary N) is 1. The summed E-state index contributed by atoms with van der Waals surface area (Å²) in [5.41, 5.74) is 2.74. The number of nitrogens with zero attached hydrogens (tertiary/aromatic N) is 4. The zero-order valence-electron chi connectivity index (χ0n) is 17.9. The first-order valence-electron chi connectivity index (χ1n) is 10.3. The summed E-state index contributed by atoms with van der Waals surface area (Å²) in [7, 11) is 1.52. The number of hydrogen-bond acceptors (Lipinski definition) is 5. The SMILES string of the molecule is COCCn1nc(C(=O)NCc2cn(-c3ccccc3)nc2-c2ccc(F)cc2)ccc1=O. The summed E-state index contributed by atoms with van der Waals surface area (Å²) in [6, 6.07) is 18.3. The van der Waals surface area contributed by atoms with E-state index in [0.29, 0.717) is 12.3 Å². The minimum Gasteiger partial charge on any atom is -0.383 e. The molecule has 4 rings (SSSR count). The first-order valence-corrected chi connectivity index (χ1v) is 10.3. The van der Waals surface area contributed by atoms with Gasteiger partial charge in [0.1, 0.15) is 11.5 Å². The summed E-state index contributed by atoms with van der Waals surface area (Å²) < 4.78 is 21.3. The van der Waals surface area contributed by atoms with E-state index in [0.717, 1.165) is 16.8 Å². The van der Waals surface area contributed by atoms with Gasteiger partial charge in [0.15, 0.2) is 0 Å². The molecule has 1 amide bonds. The first-order chi connectivity index (χ1) is 16.0. The molecule has 168 valence electrons. The number of hydrogen-bond donors (Lipinski definition) is 1. The zero-order chi connectivity index (χ0) is 23.2. The van der Waals surface area contributed by atoms with Gasteiger partial charge < -0.3 is 10.1 Å². The van der Waals surface area contributed by atoms with Gasteiger partial charge in [0, 0.05) is 37.0 Å². The Morgan fingerprint density at radius 3 is 2.52 bits per heavy atom. The largest absolute Gasteiger partial charge is 0.383 e. The smallest absolute Gasteiger partial charge is 0.271 e. The van der Waals surface area contributed by atoms with Gasteiger partial charge in [-0.25, -0.2) is 13.8 Å². The van der Waals surface area contributed by atoms with Crippen molar-refractivity contribution in [3.8, 4) is 16.9 Å². The highest BCUT2D eigenvalue weighted by atomic mass is 19.1. The van der Waals surface area contributed by atoms with Crippen molar-refractivity contribution in [2.24, 2.45) is 0 Å². The molecular weight excluding hydrogens is 425 g/mol. The Labute approximate surface area is 189 Å². The van der Waals surface area contributed by atoms with E-state index in [1.807, 2.05) is 36.5 Å². The van der Waals surface area contributed by atoms with E-state index >= 15 is 0 Å². The van der Waals surface area contributed by atoms with Crippen molar-refractivity contribution in [2.45, 2.75) is 13.1 Å². The molecule has 1 N–H and O–H groups in total. The summed E-state index contributed by atoms with van der Waals surface area (Å²) in [5.74, 6) is -0.774. The Bertz CT molecular complexity index is 1300. The number of halogens is 1. The molecule has 0 unspecified atom stereocenters. The lowest BCUT2D eigenvalue weighted by Crippen LogP contribution is -2.30. The topological polar surface area (TPSA) is 91.0 Å². The Morgan fingerprint density at radius 1 is 1.03 bits per heavy atom. The predicted octanol–water partition coefficient (Wildman–Crippen LogP) is 2.81. The van der Waals surface area contributed by atoms with Crippen LogP contribution in [0, 0.1) is 5.82 Å². The highest BCUT2D eigenvalue weighted by Crippen LogP contribution is 2.24. The van der Waals surface area contributed by atoms with Crippen molar-refractivity contribution in [1.82, 2.24) is 24.9 Å². The Morgan fingerprint density at radius 2 is 1.79 bits per heavy atom. The molecule has 0 bridgehead atoms. The van der Waals surface area contributed by atoms with Crippen molar-refractivity contribution in [3.63, 3.8) is 0 Å². The lowest BCUT2D eigenvalue weighted by molar-refractivity contribution is 0.0942. The Kier molecular flexibility index (Phi) is 6.70. The number of carbonyl (C=O) groups excluding carboxylic acids is 1. The van der Waals surface area contributed by atoms with Gasteiger partial charge in [0.25, 0.3) is 11.5 Å². The summed E-state index contributed by atoms with van der Waals surface area (Å²) >= 11 is 0. The number of rotatable bonds is 8. The summed E-state index contributed by atoms with van der Waals surface area (Å²) in [6.07, 6.45) is 1.82. The molecule has 0 fully saturated rings. The Balaban J connectivity index is 1.59. The quantitative estimate of drug-likeness (QED) is 0.449. The molecule has 0 saturated heterocycles. The molecule has 0 radical (unpaired) electrons. The normalized spacial score (nSPS) is 10.8. The van der Waals surface area contributed by atoms with Gasteiger partial charge in [-0.3, -0.25) is 9.59 Å². The van der Waals surface area contributed by atoms with E-state index in [4.69, 9.17) is 4.74 Å². The average molecular weight is 447 g/mol. The fourth-order valence-corrected chi connectivity index (χ4v) is 3.28. The van der Waals surface area contributed by atoms with Gasteiger partial charge in [0.05, 0.1) is 24.5 Å². The van der Waals surface area contributed by atoms with Gasteiger partial charge >= 0.3 is 0 Å². The van der Waals surface area contributed by atoms with Crippen molar-refractivity contribution in [1.29, 1.82) is 0 Å². The van der Waals surface area contributed by atoms with Crippen LogP contribution in [-0.2, 0) is 17.8 Å². The molecule has 0 saturated carbocycles. The minimum atomic E-state index is -0.432. The van der Waals surface area contributed by atoms with Crippen LogP contribution in [0.3, 0.4) is 0 Å². The summed E-state index contributed by atoms with van der Waals surface area (Å²) in [5, 5.41) is 11.6. The van der Waals surface area contributed by atoms with Gasteiger partial charge in [-0.05, 0) is 42.5 Å². The van der Waals surface area contributed by atoms with Gasteiger partial charge in [-0.2, -0.15) is 10.2 Å². The molecule has 33 heavy (non-hydrogen) atoms. The van der Waals surface area contributed by atoms with Crippen LogP contribution < -0.4 is 10.9 Å². The molecule has 4 aromatic rings. The third-order valence-corrected chi connectivity index (χ3v) is 4.97. The number of methoxy groups -OCH3 is 1. The van der Waals surface area contributed by atoms with Crippen LogP contribution in [0.1, 0.15) is 16.1 Å². The van der Waals surface area contributed by atoms with Crippen molar-refractivity contribution in [2.75, 3.05) is 13.7 Å². The third-order valence-electron chi connectivity index (χ3n) is 4.97. The zero-order valence-corrected chi connectivity index (χ0v) is 17.9. The van der Waals surface area contributed by atoms with E-state index in [2.05, 4.69) is 15.5 Å². The maximum Gasteiger partial charge on any atom is 0.271 e. The number of benzene rings is 2. The van der Waals surface area contributed by atoms with Crippen LogP contribution in [0.15, 0.2) is 77.7 Å². The third kappa shape index (κ3) is 5.21. The summed E-state index contributed by atoms with van der Waals surface area (Å²) in [6.45, 7) is 0.712. The van der Waals surface area contributed by atoms with Crippen LogP contribution in [0.5, 0.6) is 0 Å². The maximum absolute atomic E-state index is 13.4. The minimum absolute atomic E-state index is 0.115. The second-order valence-corrected chi connectivity index (χ2v) is 7.25. The second-order valence-electron chi connectivity index (χ2n) is 7.25. The molecule has 0 aliphatic rings. The van der Waals surface area contributed by atoms with Gasteiger partial charge in [0.2, 0.25) is 0 Å². The monoisotopic (exact) mass is 447 g/mol. The van der Waals surface area contributed by atoms with E-state index < -0.39 is 5.91 Å². The van der Waals surface area contributed by atoms with Crippen molar-refractivity contribution >= 4 is 5.91 Å². The molecule has 0 atom stereocenters. The molecule has 0 spiro atoms. The van der Waals surface area contributed by atoms with Crippen LogP contribution in [0.2, 0.25) is 0 Å². The number of ether oxygens (including phenoxy) is 1. The molecule has 9 heteroatoms. The molecule has 2 heterocycles. The Hall–Kier alpha value is -4.11. The highest BCUT2D eigenvalue weighted by molar-refractivity contribution is 5.92. The standard InChI is InChI=1S/C24H22FN5O3/c1-33-14-13-29-22(31)12-11-21(27-29)24(32)26-15-18-16-30(20-5-3-2-4-6-20)28-23(18)17-7-9-19(25)10-8-17/h2-12,16H,13-15H2,1H3,(H,26,32). The number of aromatic nitrogens is 4. The predicted molar refractivity (Wildman–Crippen MR) is 121 cm³/mol. The summed E-state index contributed by atoms with van der Waals surface area (Å²) in [4.78, 5) is 24.6. The molecular formula is C24H22FN5O3. The van der Waals surface area contributed by atoms with Crippen molar-refractivity contribution in [3.05, 3.63) is 100 Å². The molecule has 0 aliphatic heterocycles. The van der Waals surface area contributed by atoms with Crippen LogP contribution in [-0.4, -0.2) is 39.2 Å². The fraction of sp³-hybridized carbons (Fsp3) is 0.167. The van der Waals surface area contributed by atoms with Crippen LogP contribution in [0.25, 0.3) is 16.9 Å². The second kappa shape index (κ2) is 10.0. The molecule has 2 aromatic carbocycles. The molecule has 8 nitrogen and oxygen atoms in total. The van der Waals surface area contributed by atoms with E-state index in [1.54, 1.807) is 16.8 Å². The first kappa shape index (κ1) is 22.1. The van der Waals surface area contributed by atoms with E-state index in [-0.39, 0.29) is 30.2 Å². The number of amides is 1. The maximum atomic E-state index is 13.4. The van der Waals surface area contributed by atoms with Gasteiger partial charge in [-0.1, -0.05) is 18.2 Å². The van der Waals surface area contributed by atoms with E-state index in [1.165, 1.54) is 36.1 Å². The fourth-order valence-electron chi connectivity index (χ4n) is 3.28. The molecule has 0 aliphatic carbocycles. The lowest BCUT2D eigenvalue weighted by Gasteiger charge is -2.08. The molecule has 2 aromatic heterocycles. The van der Waals surface area contributed by atoms with Gasteiger partial charge in [-0.15, -0.1) is 0 Å². The number of carbonyl (C=O) groups is 1. The highest BCUT2D eigenvalue weighted by Gasteiger charge is 2.15. The van der Waals surface area contributed by atoms with Crippen molar-refractivity contribution < 1.29 is 13.9 Å².